The number of rotatable bonds is 35. The number of esters is 1. The third kappa shape index (κ3) is 33.7. The van der Waals surface area contributed by atoms with Crippen LogP contribution in [0.5, 0.6) is 0 Å². The second-order valence-electron chi connectivity index (χ2n) is 13.7. The van der Waals surface area contributed by atoms with Gasteiger partial charge in [-0.2, -0.15) is 0 Å². The first kappa shape index (κ1) is 44.3. The standard InChI is InChI=1S/C42H77NO3/c1-5-7-9-11-13-15-17-19-21-23-25-27-29-31-33-36-40(44)41(46-42(45)38-35-39-43(3)4)37-34-32-30-28-26-24-22-20-18-16-14-12-10-8-6-2/h14,16,19-22,41H,5-13,15,17-18,23-39H2,1-4H3. The lowest BCUT2D eigenvalue weighted by Crippen LogP contribution is -2.27. The molecule has 268 valence electrons. The number of hydrogen-bond acceptors (Lipinski definition) is 4. The summed E-state index contributed by atoms with van der Waals surface area (Å²) in [5, 5.41) is 0. The lowest BCUT2D eigenvalue weighted by molar-refractivity contribution is -0.155. The van der Waals surface area contributed by atoms with Crippen molar-refractivity contribution in [2.45, 2.75) is 200 Å². The molecule has 0 fully saturated rings. The number of carbonyl (C=O) groups is 2. The van der Waals surface area contributed by atoms with E-state index >= 15 is 0 Å². The first-order valence-electron chi connectivity index (χ1n) is 19.8. The number of allylic oxidation sites excluding steroid dienone is 6. The SMILES string of the molecule is CCCCCC=CCC=CCCCCCCCC(OC(=O)CCCN(C)C)C(=O)CCCCCCCC=CCCCCCCCC. The zero-order valence-electron chi connectivity index (χ0n) is 31.2. The summed E-state index contributed by atoms with van der Waals surface area (Å²) >= 11 is 0. The molecule has 0 spiro atoms. The molecule has 0 aliphatic carbocycles. The van der Waals surface area contributed by atoms with E-state index < -0.39 is 6.10 Å². The fraction of sp³-hybridized carbons (Fsp3) is 0.810. The Morgan fingerprint density at radius 1 is 0.522 bits per heavy atom. The van der Waals surface area contributed by atoms with Crippen molar-refractivity contribution in [1.29, 1.82) is 0 Å². The summed E-state index contributed by atoms with van der Waals surface area (Å²) in [7, 11) is 4.02. The van der Waals surface area contributed by atoms with Crippen molar-refractivity contribution >= 4 is 11.8 Å². The van der Waals surface area contributed by atoms with E-state index in [1.165, 1.54) is 116 Å². The Balaban J connectivity index is 4.15. The van der Waals surface area contributed by atoms with Gasteiger partial charge >= 0.3 is 5.97 Å². The third-order valence-electron chi connectivity index (χ3n) is 8.72. The summed E-state index contributed by atoms with van der Waals surface area (Å²) in [6, 6.07) is 0. The molecule has 1 unspecified atom stereocenters. The fourth-order valence-electron chi connectivity index (χ4n) is 5.71. The largest absolute Gasteiger partial charge is 0.454 e. The molecule has 4 heteroatoms. The first-order chi connectivity index (χ1) is 22.5. The Hall–Kier alpha value is -1.68. The van der Waals surface area contributed by atoms with Crippen LogP contribution in [-0.2, 0) is 14.3 Å². The number of carbonyl (C=O) groups excluding carboxylic acids is 2. The van der Waals surface area contributed by atoms with Crippen LogP contribution in [0.4, 0.5) is 0 Å². The molecule has 0 radical (unpaired) electrons. The quantitative estimate of drug-likeness (QED) is 0.0392. The maximum atomic E-state index is 13.1. The van der Waals surface area contributed by atoms with Crippen LogP contribution >= 0.6 is 0 Å². The number of ketones is 1. The molecule has 0 aromatic heterocycles. The van der Waals surface area contributed by atoms with Gasteiger partial charge in [-0.25, -0.2) is 0 Å². The molecular weight excluding hydrogens is 566 g/mol. The maximum absolute atomic E-state index is 13.1. The highest BCUT2D eigenvalue weighted by Crippen LogP contribution is 2.16. The van der Waals surface area contributed by atoms with Crippen LogP contribution in [0.3, 0.4) is 0 Å². The van der Waals surface area contributed by atoms with Crippen molar-refractivity contribution < 1.29 is 14.3 Å². The summed E-state index contributed by atoms with van der Waals surface area (Å²) in [5.41, 5.74) is 0. The normalized spacial score (nSPS) is 12.7. The molecule has 0 heterocycles. The number of unbranched alkanes of at least 4 members (excludes halogenated alkanes) is 19. The zero-order chi connectivity index (χ0) is 33.8. The Labute approximate surface area is 287 Å². The smallest absolute Gasteiger partial charge is 0.306 e. The van der Waals surface area contributed by atoms with Gasteiger partial charge in [0, 0.05) is 12.8 Å². The molecule has 0 N–H and O–H groups in total. The molecule has 1 atom stereocenters. The summed E-state index contributed by atoms with van der Waals surface area (Å²) in [4.78, 5) is 27.6. The van der Waals surface area contributed by atoms with Gasteiger partial charge in [-0.3, -0.25) is 9.59 Å². The summed E-state index contributed by atoms with van der Waals surface area (Å²) in [6.07, 6.45) is 45.0. The molecule has 0 aliphatic heterocycles. The number of nitrogens with zero attached hydrogens (tertiary/aromatic N) is 1. The lowest BCUT2D eigenvalue weighted by Gasteiger charge is -2.17. The molecule has 0 aromatic carbocycles. The van der Waals surface area contributed by atoms with E-state index in [9.17, 15) is 9.59 Å². The van der Waals surface area contributed by atoms with E-state index in [0.717, 1.165) is 51.5 Å². The van der Waals surface area contributed by atoms with E-state index in [-0.39, 0.29) is 11.8 Å². The minimum atomic E-state index is -0.554. The van der Waals surface area contributed by atoms with Crippen molar-refractivity contribution in [1.82, 2.24) is 4.90 Å². The summed E-state index contributed by atoms with van der Waals surface area (Å²) in [5.74, 6) is -0.0875. The van der Waals surface area contributed by atoms with Crippen LogP contribution in [0, 0.1) is 0 Å². The van der Waals surface area contributed by atoms with E-state index in [1.807, 2.05) is 14.1 Å². The van der Waals surface area contributed by atoms with Gasteiger partial charge in [-0.05, 0) is 104 Å². The minimum Gasteiger partial charge on any atom is -0.454 e. The van der Waals surface area contributed by atoms with Gasteiger partial charge in [0.25, 0.3) is 0 Å². The van der Waals surface area contributed by atoms with Crippen LogP contribution in [0.2, 0.25) is 0 Å². The van der Waals surface area contributed by atoms with E-state index in [2.05, 4.69) is 55.2 Å². The van der Waals surface area contributed by atoms with Crippen molar-refractivity contribution in [3.05, 3.63) is 36.5 Å². The average molecular weight is 644 g/mol. The van der Waals surface area contributed by atoms with Crippen LogP contribution in [-0.4, -0.2) is 43.4 Å². The van der Waals surface area contributed by atoms with Crippen LogP contribution in [0.25, 0.3) is 0 Å². The maximum Gasteiger partial charge on any atom is 0.306 e. The van der Waals surface area contributed by atoms with Gasteiger partial charge in [0.05, 0.1) is 0 Å². The predicted molar refractivity (Wildman–Crippen MR) is 201 cm³/mol. The second kappa shape index (κ2) is 36.2. The van der Waals surface area contributed by atoms with Gasteiger partial charge in [0.1, 0.15) is 0 Å². The second-order valence-corrected chi connectivity index (χ2v) is 13.7. The topological polar surface area (TPSA) is 46.6 Å². The monoisotopic (exact) mass is 644 g/mol. The van der Waals surface area contributed by atoms with Gasteiger partial charge in [-0.1, -0.05) is 134 Å². The van der Waals surface area contributed by atoms with E-state index in [1.54, 1.807) is 0 Å². The van der Waals surface area contributed by atoms with Gasteiger partial charge in [-0.15, -0.1) is 0 Å². The molecule has 0 amide bonds. The Morgan fingerprint density at radius 3 is 1.50 bits per heavy atom. The van der Waals surface area contributed by atoms with Crippen molar-refractivity contribution in [3.8, 4) is 0 Å². The highest BCUT2D eigenvalue weighted by Gasteiger charge is 2.22. The zero-order valence-corrected chi connectivity index (χ0v) is 31.2. The summed E-state index contributed by atoms with van der Waals surface area (Å²) < 4.78 is 5.76. The highest BCUT2D eigenvalue weighted by molar-refractivity contribution is 5.85. The Kier molecular flexibility index (Phi) is 34.8. The van der Waals surface area contributed by atoms with Gasteiger partial charge < -0.3 is 9.64 Å². The first-order valence-corrected chi connectivity index (χ1v) is 19.8. The molecule has 4 nitrogen and oxygen atoms in total. The highest BCUT2D eigenvalue weighted by atomic mass is 16.5. The van der Waals surface area contributed by atoms with Gasteiger partial charge in [0.15, 0.2) is 11.9 Å². The van der Waals surface area contributed by atoms with Crippen LogP contribution in [0.15, 0.2) is 36.5 Å². The van der Waals surface area contributed by atoms with Crippen LogP contribution in [0.1, 0.15) is 194 Å². The Morgan fingerprint density at radius 2 is 0.957 bits per heavy atom. The van der Waals surface area contributed by atoms with Gasteiger partial charge in [0.2, 0.25) is 0 Å². The van der Waals surface area contributed by atoms with E-state index in [4.69, 9.17) is 4.74 Å². The molecule has 0 rings (SSSR count). The Bertz CT molecular complexity index is 754. The molecule has 0 aliphatic rings. The lowest BCUT2D eigenvalue weighted by atomic mass is 10.0. The molecule has 0 aromatic rings. The van der Waals surface area contributed by atoms with E-state index in [0.29, 0.717) is 19.3 Å². The molecule has 0 bridgehead atoms. The molecule has 0 saturated heterocycles. The number of ether oxygens (including phenoxy) is 1. The van der Waals surface area contributed by atoms with Crippen molar-refractivity contribution in [2.24, 2.45) is 0 Å². The third-order valence-corrected chi connectivity index (χ3v) is 8.72. The molecule has 46 heavy (non-hydrogen) atoms. The summed E-state index contributed by atoms with van der Waals surface area (Å²) in [6.45, 7) is 5.37. The number of Topliss-reactive ketones (excluding diaryl/α,β-unsaturated/α-hetero) is 1. The number of hydrogen-bond donors (Lipinski definition) is 0. The average Bonchev–Trinajstić information content (AvgIpc) is 3.03. The van der Waals surface area contributed by atoms with Crippen molar-refractivity contribution in [3.63, 3.8) is 0 Å². The minimum absolute atomic E-state index is 0.128. The molecule has 0 saturated carbocycles. The van der Waals surface area contributed by atoms with Crippen molar-refractivity contribution in [2.75, 3.05) is 20.6 Å². The fourth-order valence-corrected chi connectivity index (χ4v) is 5.71. The molecular formula is C42H77NO3. The predicted octanol–water partition coefficient (Wildman–Crippen LogP) is 12.7. The van der Waals surface area contributed by atoms with Crippen LogP contribution < -0.4 is 0 Å².